The minimum atomic E-state index is 0.780. The summed E-state index contributed by atoms with van der Waals surface area (Å²) < 4.78 is 2.27. The Kier molecular flexibility index (Phi) is 2.23. The molecule has 0 bridgehead atoms. The zero-order valence-corrected chi connectivity index (χ0v) is 9.98. The fourth-order valence-electron chi connectivity index (χ4n) is 2.75. The Labute approximate surface area is 96.3 Å². The van der Waals surface area contributed by atoms with Gasteiger partial charge in [-0.1, -0.05) is 19.9 Å². The number of hydrogen-bond acceptors (Lipinski definition) is 1. The quantitative estimate of drug-likeness (QED) is 0.713. The van der Waals surface area contributed by atoms with Crippen molar-refractivity contribution in [1.29, 1.82) is 0 Å². The number of rotatable bonds is 1. The molecule has 2 nitrogen and oxygen atoms in total. The SMILES string of the molecule is CC(C)C1CCc2nc3ccccn3c2C1. The summed E-state index contributed by atoms with van der Waals surface area (Å²) in [6, 6.07) is 6.25. The largest absolute Gasteiger partial charge is 0.304 e. The predicted molar refractivity (Wildman–Crippen MR) is 65.5 cm³/mol. The highest BCUT2D eigenvalue weighted by atomic mass is 15.0. The molecule has 2 aromatic rings. The number of imidazole rings is 1. The molecule has 84 valence electrons. The maximum absolute atomic E-state index is 4.71. The highest BCUT2D eigenvalue weighted by Crippen LogP contribution is 2.30. The van der Waals surface area contributed by atoms with E-state index in [4.69, 9.17) is 4.98 Å². The van der Waals surface area contributed by atoms with E-state index in [0.717, 1.165) is 23.9 Å². The molecular weight excluding hydrogens is 196 g/mol. The topological polar surface area (TPSA) is 17.3 Å². The molecule has 2 aromatic heterocycles. The summed E-state index contributed by atoms with van der Waals surface area (Å²) in [6.07, 6.45) is 5.79. The molecule has 0 aliphatic heterocycles. The predicted octanol–water partition coefficient (Wildman–Crippen LogP) is 3.10. The van der Waals surface area contributed by atoms with E-state index in [1.54, 1.807) is 0 Å². The Morgan fingerprint density at radius 3 is 3.06 bits per heavy atom. The molecule has 0 saturated carbocycles. The molecular formula is C14H18N2. The second-order valence-corrected chi connectivity index (χ2v) is 5.18. The first kappa shape index (κ1) is 9.88. The van der Waals surface area contributed by atoms with E-state index in [-0.39, 0.29) is 0 Å². The Hall–Kier alpha value is -1.31. The first-order valence-corrected chi connectivity index (χ1v) is 6.20. The van der Waals surface area contributed by atoms with Gasteiger partial charge in [0, 0.05) is 11.9 Å². The summed E-state index contributed by atoms with van der Waals surface area (Å²) in [5, 5.41) is 0. The van der Waals surface area contributed by atoms with Gasteiger partial charge in [0.15, 0.2) is 0 Å². The Balaban J connectivity index is 2.08. The maximum Gasteiger partial charge on any atom is 0.137 e. The van der Waals surface area contributed by atoms with Crippen LogP contribution in [0.4, 0.5) is 0 Å². The first-order chi connectivity index (χ1) is 7.75. The fraction of sp³-hybridized carbons (Fsp3) is 0.500. The Morgan fingerprint density at radius 1 is 1.38 bits per heavy atom. The summed E-state index contributed by atoms with van der Waals surface area (Å²) in [4.78, 5) is 4.71. The van der Waals surface area contributed by atoms with E-state index in [0.29, 0.717) is 0 Å². The van der Waals surface area contributed by atoms with Crippen molar-refractivity contribution in [2.45, 2.75) is 33.1 Å². The van der Waals surface area contributed by atoms with Crippen molar-refractivity contribution in [3.8, 4) is 0 Å². The molecule has 0 spiro atoms. The summed E-state index contributed by atoms with van der Waals surface area (Å²) in [5.74, 6) is 1.61. The first-order valence-electron chi connectivity index (χ1n) is 6.20. The molecule has 1 unspecified atom stereocenters. The average molecular weight is 214 g/mol. The van der Waals surface area contributed by atoms with Gasteiger partial charge in [0.25, 0.3) is 0 Å². The zero-order valence-electron chi connectivity index (χ0n) is 9.98. The van der Waals surface area contributed by atoms with Gasteiger partial charge < -0.3 is 4.40 Å². The second kappa shape index (κ2) is 3.62. The summed E-state index contributed by atoms with van der Waals surface area (Å²) in [7, 11) is 0. The minimum absolute atomic E-state index is 0.780. The van der Waals surface area contributed by atoms with Gasteiger partial charge in [-0.25, -0.2) is 4.98 Å². The van der Waals surface area contributed by atoms with Gasteiger partial charge in [0.1, 0.15) is 5.65 Å². The molecule has 1 aliphatic carbocycles. The van der Waals surface area contributed by atoms with Gasteiger partial charge in [0.05, 0.1) is 5.69 Å². The van der Waals surface area contributed by atoms with Crippen LogP contribution in [0.3, 0.4) is 0 Å². The third-order valence-electron chi connectivity index (χ3n) is 3.86. The summed E-state index contributed by atoms with van der Waals surface area (Å²) in [6.45, 7) is 4.66. The number of nitrogens with zero attached hydrogens (tertiary/aromatic N) is 2. The van der Waals surface area contributed by atoms with E-state index in [9.17, 15) is 0 Å². The van der Waals surface area contributed by atoms with Crippen molar-refractivity contribution in [2.75, 3.05) is 0 Å². The number of pyridine rings is 1. The average Bonchev–Trinajstić information content (AvgIpc) is 2.66. The molecule has 16 heavy (non-hydrogen) atoms. The smallest absolute Gasteiger partial charge is 0.137 e. The summed E-state index contributed by atoms with van der Waals surface area (Å²) in [5.41, 5.74) is 3.88. The number of aryl methyl sites for hydroxylation is 1. The molecule has 3 rings (SSSR count). The van der Waals surface area contributed by atoms with Crippen molar-refractivity contribution in [3.63, 3.8) is 0 Å². The van der Waals surface area contributed by atoms with E-state index < -0.39 is 0 Å². The van der Waals surface area contributed by atoms with Gasteiger partial charge >= 0.3 is 0 Å². The standard InChI is InChI=1S/C14H18N2/c1-10(2)11-6-7-12-13(9-11)16-8-4-3-5-14(16)15-12/h3-5,8,10-11H,6-7,9H2,1-2H3. The Bertz CT molecular complexity index is 510. The van der Waals surface area contributed by atoms with Crippen LogP contribution in [-0.4, -0.2) is 9.38 Å². The molecule has 2 heterocycles. The van der Waals surface area contributed by atoms with Crippen molar-refractivity contribution >= 4 is 5.65 Å². The minimum Gasteiger partial charge on any atom is -0.304 e. The maximum atomic E-state index is 4.71. The molecule has 0 radical (unpaired) electrons. The fourth-order valence-corrected chi connectivity index (χ4v) is 2.75. The van der Waals surface area contributed by atoms with Crippen molar-refractivity contribution in [3.05, 3.63) is 35.8 Å². The van der Waals surface area contributed by atoms with Gasteiger partial charge in [-0.15, -0.1) is 0 Å². The lowest BCUT2D eigenvalue weighted by Gasteiger charge is -2.25. The van der Waals surface area contributed by atoms with E-state index in [1.807, 2.05) is 0 Å². The third kappa shape index (κ3) is 1.44. The van der Waals surface area contributed by atoms with Crippen LogP contribution in [0, 0.1) is 11.8 Å². The molecule has 1 aliphatic rings. The molecule has 0 N–H and O–H groups in total. The van der Waals surface area contributed by atoms with Crippen molar-refractivity contribution in [2.24, 2.45) is 11.8 Å². The van der Waals surface area contributed by atoms with Crippen LogP contribution < -0.4 is 0 Å². The lowest BCUT2D eigenvalue weighted by atomic mass is 9.82. The number of hydrogen-bond donors (Lipinski definition) is 0. The highest BCUT2D eigenvalue weighted by Gasteiger charge is 2.24. The Morgan fingerprint density at radius 2 is 2.25 bits per heavy atom. The lowest BCUT2D eigenvalue weighted by molar-refractivity contribution is 0.337. The lowest BCUT2D eigenvalue weighted by Crippen LogP contribution is -2.19. The van der Waals surface area contributed by atoms with Crippen LogP contribution in [0.15, 0.2) is 24.4 Å². The van der Waals surface area contributed by atoms with Crippen LogP contribution in [-0.2, 0) is 12.8 Å². The summed E-state index contributed by atoms with van der Waals surface area (Å²) >= 11 is 0. The monoisotopic (exact) mass is 214 g/mol. The molecule has 0 fully saturated rings. The molecule has 1 atom stereocenters. The molecule has 0 amide bonds. The molecule has 0 aromatic carbocycles. The van der Waals surface area contributed by atoms with Crippen LogP contribution in [0.5, 0.6) is 0 Å². The van der Waals surface area contributed by atoms with E-state index in [2.05, 4.69) is 42.6 Å². The van der Waals surface area contributed by atoms with Crippen LogP contribution >= 0.6 is 0 Å². The van der Waals surface area contributed by atoms with Gasteiger partial charge in [-0.3, -0.25) is 0 Å². The van der Waals surface area contributed by atoms with Crippen LogP contribution in [0.1, 0.15) is 31.7 Å². The number of fused-ring (bicyclic) bond motifs is 3. The second-order valence-electron chi connectivity index (χ2n) is 5.18. The van der Waals surface area contributed by atoms with Crippen LogP contribution in [0.25, 0.3) is 5.65 Å². The van der Waals surface area contributed by atoms with Crippen molar-refractivity contribution in [1.82, 2.24) is 9.38 Å². The van der Waals surface area contributed by atoms with E-state index >= 15 is 0 Å². The third-order valence-corrected chi connectivity index (χ3v) is 3.86. The zero-order chi connectivity index (χ0) is 11.1. The van der Waals surface area contributed by atoms with Gasteiger partial charge in [0.2, 0.25) is 0 Å². The molecule has 2 heteroatoms. The van der Waals surface area contributed by atoms with Gasteiger partial charge in [-0.2, -0.15) is 0 Å². The highest BCUT2D eigenvalue weighted by molar-refractivity contribution is 5.43. The number of aromatic nitrogens is 2. The van der Waals surface area contributed by atoms with E-state index in [1.165, 1.54) is 24.2 Å². The molecule has 0 saturated heterocycles. The normalized spacial score (nSPS) is 20.3. The van der Waals surface area contributed by atoms with Crippen LogP contribution in [0.2, 0.25) is 0 Å². The van der Waals surface area contributed by atoms with Crippen molar-refractivity contribution < 1.29 is 0 Å². The van der Waals surface area contributed by atoms with Gasteiger partial charge in [-0.05, 0) is 43.2 Å².